The Morgan fingerprint density at radius 1 is 0.886 bits per heavy atom. The number of carboxylic acid groups (broad SMARTS) is 1. The van der Waals surface area contributed by atoms with Crippen molar-refractivity contribution in [2.45, 2.75) is 38.2 Å². The van der Waals surface area contributed by atoms with Crippen LogP contribution in [0.3, 0.4) is 0 Å². The molecule has 1 aromatic heterocycles. The number of nitrogens with zero attached hydrogens (tertiary/aromatic N) is 1. The van der Waals surface area contributed by atoms with Crippen molar-refractivity contribution >= 4 is 23.1 Å². The maximum absolute atomic E-state index is 15.3. The molecule has 0 atom stereocenters. The molecule has 0 saturated heterocycles. The topological polar surface area (TPSA) is 112 Å². The Morgan fingerprint density at radius 2 is 1.52 bits per heavy atom. The van der Waals surface area contributed by atoms with Crippen LogP contribution in [-0.4, -0.2) is 27.5 Å². The van der Waals surface area contributed by atoms with Crippen LogP contribution in [0.2, 0.25) is 0 Å². The average Bonchev–Trinajstić information content (AvgIpc) is 3.00. The van der Waals surface area contributed by atoms with Gasteiger partial charge in [0.25, 0.3) is 5.56 Å². The third-order valence-electron chi connectivity index (χ3n) is 7.76. The van der Waals surface area contributed by atoms with Crippen molar-refractivity contribution in [1.29, 1.82) is 0 Å². The second-order valence-corrected chi connectivity index (χ2v) is 10.7. The van der Waals surface area contributed by atoms with Crippen LogP contribution in [-0.2, 0) is 4.79 Å². The van der Waals surface area contributed by atoms with Crippen LogP contribution in [0.15, 0.2) is 89.7 Å². The quantitative estimate of drug-likeness (QED) is 0.166. The summed E-state index contributed by atoms with van der Waals surface area (Å²) in [7, 11) is 0. The molecule has 0 radical (unpaired) electrons. The molecule has 7 nitrogen and oxygen atoms in total. The van der Waals surface area contributed by atoms with E-state index in [0.717, 1.165) is 49.2 Å². The fourth-order valence-corrected chi connectivity index (χ4v) is 5.47. The van der Waals surface area contributed by atoms with Gasteiger partial charge in [-0.3, -0.25) is 14.2 Å². The van der Waals surface area contributed by atoms with Crippen LogP contribution < -0.4 is 16.0 Å². The number of ketones is 1. The zero-order valence-electron chi connectivity index (χ0n) is 23.5. The lowest BCUT2D eigenvalue weighted by atomic mass is 9.84. The summed E-state index contributed by atoms with van der Waals surface area (Å²) in [6.07, 6.45) is 4.72. The van der Waals surface area contributed by atoms with E-state index >= 15 is 8.78 Å². The van der Waals surface area contributed by atoms with Crippen LogP contribution in [0.4, 0.5) is 19.0 Å². The fraction of sp³-hybridized carbons (Fsp3) is 0.206. The molecule has 3 aromatic carbocycles. The fourth-order valence-electron chi connectivity index (χ4n) is 5.47. The van der Waals surface area contributed by atoms with E-state index in [1.807, 2.05) is 6.07 Å². The summed E-state index contributed by atoms with van der Waals surface area (Å²) in [6.45, 7) is 0. The summed E-state index contributed by atoms with van der Waals surface area (Å²) in [5, 5.41) is 9.62. The lowest BCUT2D eigenvalue weighted by Crippen LogP contribution is -2.26. The number of halogens is 3. The Labute approximate surface area is 251 Å². The van der Waals surface area contributed by atoms with E-state index in [9.17, 15) is 23.9 Å². The molecular weight excluding hydrogens is 573 g/mol. The van der Waals surface area contributed by atoms with E-state index < -0.39 is 46.3 Å². The first-order chi connectivity index (χ1) is 21.1. The van der Waals surface area contributed by atoms with Crippen LogP contribution in [0, 0.1) is 23.4 Å². The highest BCUT2D eigenvalue weighted by atomic mass is 19.1. The molecule has 1 aliphatic rings. The number of rotatable bonds is 9. The Balaban J connectivity index is 1.28. The Bertz CT molecular complexity index is 1750. The van der Waals surface area contributed by atoms with E-state index in [-0.39, 0.29) is 34.5 Å². The molecule has 44 heavy (non-hydrogen) atoms. The number of carbonyl (C=O) groups is 2. The van der Waals surface area contributed by atoms with E-state index in [0.29, 0.717) is 29.4 Å². The number of hydrogen-bond donors (Lipinski definition) is 2. The molecule has 1 heterocycles. The van der Waals surface area contributed by atoms with Crippen molar-refractivity contribution in [3.05, 3.63) is 129 Å². The Kier molecular flexibility index (Phi) is 8.99. The predicted molar refractivity (Wildman–Crippen MR) is 159 cm³/mol. The van der Waals surface area contributed by atoms with Crippen molar-refractivity contribution in [3.8, 4) is 11.4 Å². The minimum Gasteiger partial charge on any atom is -0.490 e. The van der Waals surface area contributed by atoms with Gasteiger partial charge in [0.2, 0.25) is 0 Å². The summed E-state index contributed by atoms with van der Waals surface area (Å²) < 4.78 is 50.4. The molecule has 0 amide bonds. The summed E-state index contributed by atoms with van der Waals surface area (Å²) >= 11 is 0. The van der Waals surface area contributed by atoms with Crippen molar-refractivity contribution in [1.82, 2.24) is 4.57 Å². The number of nitrogens with two attached hydrogens (primary N) is 1. The van der Waals surface area contributed by atoms with Gasteiger partial charge >= 0.3 is 5.97 Å². The van der Waals surface area contributed by atoms with Crippen molar-refractivity contribution in [2.75, 3.05) is 5.73 Å². The number of anilines is 1. The highest BCUT2D eigenvalue weighted by molar-refractivity contribution is 6.15. The number of pyridine rings is 1. The zero-order valence-corrected chi connectivity index (χ0v) is 23.5. The molecule has 1 aliphatic carbocycles. The van der Waals surface area contributed by atoms with Gasteiger partial charge in [-0.05, 0) is 73.9 Å². The van der Waals surface area contributed by atoms with Gasteiger partial charge in [0.15, 0.2) is 17.4 Å². The smallest absolute Gasteiger partial charge is 0.335 e. The van der Waals surface area contributed by atoms with E-state index in [4.69, 9.17) is 10.5 Å². The van der Waals surface area contributed by atoms with Crippen molar-refractivity contribution in [3.63, 3.8) is 0 Å². The number of benzene rings is 3. The number of allylic oxidation sites excluding steroid dienone is 1. The average molecular weight is 603 g/mol. The summed E-state index contributed by atoms with van der Waals surface area (Å²) in [5.41, 5.74) is 5.27. The first-order valence-corrected chi connectivity index (χ1v) is 14.1. The number of hydrogen-bond acceptors (Lipinski definition) is 5. The molecule has 0 bridgehead atoms. The minimum atomic E-state index is -1.11. The molecule has 3 N–H and O–H groups in total. The SMILES string of the molecule is Nc1c(C(=O)c2ccc(F)cc2)ccc(=O)n1-c1c(F)cc(OC2CCC(C/C=C(/C(=O)O)c3ccccc3)CC2)cc1F. The van der Waals surface area contributed by atoms with Gasteiger partial charge < -0.3 is 15.6 Å². The molecule has 10 heteroatoms. The molecule has 4 aromatic rings. The van der Waals surface area contributed by atoms with E-state index in [1.165, 1.54) is 12.1 Å². The monoisotopic (exact) mass is 602 g/mol. The summed E-state index contributed by atoms with van der Waals surface area (Å²) in [4.78, 5) is 37.4. The van der Waals surface area contributed by atoms with Crippen LogP contribution in [0.25, 0.3) is 11.3 Å². The first kappa shape index (κ1) is 30.3. The Hall–Kier alpha value is -5.12. The Morgan fingerprint density at radius 3 is 2.14 bits per heavy atom. The third kappa shape index (κ3) is 6.59. The van der Waals surface area contributed by atoms with E-state index in [1.54, 1.807) is 30.3 Å². The normalized spacial score (nSPS) is 16.8. The van der Waals surface area contributed by atoms with Crippen molar-refractivity contribution in [2.24, 2.45) is 5.92 Å². The molecule has 0 spiro atoms. The van der Waals surface area contributed by atoms with Crippen LogP contribution >= 0.6 is 0 Å². The third-order valence-corrected chi connectivity index (χ3v) is 7.76. The van der Waals surface area contributed by atoms with Crippen molar-refractivity contribution < 1.29 is 32.6 Å². The lowest BCUT2D eigenvalue weighted by molar-refractivity contribution is -0.130. The van der Waals surface area contributed by atoms with Crippen LogP contribution in [0.1, 0.15) is 53.6 Å². The number of carbonyl (C=O) groups excluding carboxylic acids is 1. The number of nitrogen functional groups attached to an aromatic ring is 1. The van der Waals surface area contributed by atoms with Gasteiger partial charge in [-0.2, -0.15) is 0 Å². The van der Waals surface area contributed by atoms with Gasteiger partial charge in [-0.15, -0.1) is 0 Å². The maximum atomic E-state index is 15.3. The van der Waals surface area contributed by atoms with Crippen LogP contribution in [0.5, 0.6) is 5.75 Å². The summed E-state index contributed by atoms with van der Waals surface area (Å²) in [5.74, 6) is -4.70. The minimum absolute atomic E-state index is 0.0606. The largest absolute Gasteiger partial charge is 0.490 e. The second-order valence-electron chi connectivity index (χ2n) is 10.7. The molecular formula is C34H29F3N2O5. The summed E-state index contributed by atoms with van der Waals surface area (Å²) in [6, 6.07) is 17.6. The number of aliphatic carboxylic acids is 1. The first-order valence-electron chi connectivity index (χ1n) is 14.1. The van der Waals surface area contributed by atoms with Gasteiger partial charge in [0, 0.05) is 23.8 Å². The lowest BCUT2D eigenvalue weighted by Gasteiger charge is -2.28. The standard InChI is InChI=1S/C34H29F3N2O5/c35-23-11-9-22(10-12-23)32(41)27-16-17-30(40)39(33(27)38)31-28(36)18-25(19-29(31)37)44-24-13-6-20(7-14-24)8-15-26(34(42)43)21-4-2-1-3-5-21/h1-5,9-12,15-20,24H,6-8,13-14,38H2,(H,42,43)/b26-15+. The molecule has 226 valence electrons. The van der Waals surface area contributed by atoms with E-state index in [2.05, 4.69) is 0 Å². The number of aromatic nitrogens is 1. The molecule has 1 fully saturated rings. The highest BCUT2D eigenvalue weighted by Gasteiger charge is 2.25. The van der Waals surface area contributed by atoms with Gasteiger partial charge in [-0.25, -0.2) is 18.0 Å². The second kappa shape index (κ2) is 13.0. The van der Waals surface area contributed by atoms with Gasteiger partial charge in [-0.1, -0.05) is 36.4 Å². The number of carboxylic acids is 1. The molecule has 5 rings (SSSR count). The molecule has 0 unspecified atom stereocenters. The number of ether oxygens (including phenoxy) is 1. The molecule has 1 saturated carbocycles. The predicted octanol–water partition coefficient (Wildman–Crippen LogP) is 6.56. The van der Waals surface area contributed by atoms with Gasteiger partial charge in [0.05, 0.1) is 17.2 Å². The molecule has 0 aliphatic heterocycles. The van der Waals surface area contributed by atoms with Gasteiger partial charge in [0.1, 0.15) is 23.1 Å². The maximum Gasteiger partial charge on any atom is 0.335 e. The highest BCUT2D eigenvalue weighted by Crippen LogP contribution is 2.33. The zero-order chi connectivity index (χ0) is 31.4.